The van der Waals surface area contributed by atoms with Gasteiger partial charge in [-0.1, -0.05) is 30.0 Å². The number of hydrogen-bond acceptors (Lipinski definition) is 8. The zero-order valence-electron chi connectivity index (χ0n) is 14.6. The van der Waals surface area contributed by atoms with Crippen LogP contribution in [0, 0.1) is 10.1 Å². The molecule has 0 saturated carbocycles. The van der Waals surface area contributed by atoms with E-state index in [4.69, 9.17) is 9.47 Å². The molecule has 0 spiro atoms. The summed E-state index contributed by atoms with van der Waals surface area (Å²) in [6, 6.07) is 14.4. The predicted molar refractivity (Wildman–Crippen MR) is 102 cm³/mol. The highest BCUT2D eigenvalue weighted by Crippen LogP contribution is 2.39. The predicted octanol–water partition coefficient (Wildman–Crippen LogP) is 4.30. The van der Waals surface area contributed by atoms with Crippen molar-refractivity contribution < 1.29 is 14.4 Å². The molecule has 1 N–H and O–H groups in total. The normalized spacial score (nSPS) is 10.3. The molecule has 0 aliphatic carbocycles. The summed E-state index contributed by atoms with van der Waals surface area (Å²) in [5.41, 5.74) is 0.319. The fourth-order valence-corrected chi connectivity index (χ4v) is 3.21. The molecule has 1 heterocycles. The van der Waals surface area contributed by atoms with Crippen LogP contribution in [0.25, 0.3) is 0 Å². The smallest absolute Gasteiger partial charge is 0.343 e. The number of aromatic nitrogens is 2. The van der Waals surface area contributed by atoms with E-state index in [1.54, 1.807) is 25.3 Å². The van der Waals surface area contributed by atoms with Crippen LogP contribution in [0.2, 0.25) is 0 Å². The van der Waals surface area contributed by atoms with E-state index in [1.807, 2.05) is 30.3 Å². The first-order chi connectivity index (χ1) is 13.1. The Bertz CT molecular complexity index is 953. The Morgan fingerprint density at radius 2 is 1.85 bits per heavy atom. The first kappa shape index (κ1) is 18.5. The second-order valence-corrected chi connectivity index (χ2v) is 6.30. The van der Waals surface area contributed by atoms with Crippen molar-refractivity contribution in [1.29, 1.82) is 0 Å². The third-order valence-corrected chi connectivity index (χ3v) is 4.59. The average molecular weight is 384 g/mol. The van der Waals surface area contributed by atoms with Crippen molar-refractivity contribution in [3.05, 3.63) is 65.0 Å². The number of nitrogens with one attached hydrogen (secondary N) is 1. The van der Waals surface area contributed by atoms with Crippen LogP contribution < -0.4 is 14.8 Å². The monoisotopic (exact) mass is 384 g/mol. The van der Waals surface area contributed by atoms with E-state index >= 15 is 0 Å². The summed E-state index contributed by atoms with van der Waals surface area (Å²) >= 11 is 1.20. The Morgan fingerprint density at radius 3 is 2.52 bits per heavy atom. The maximum atomic E-state index is 11.7. The molecule has 0 unspecified atom stereocenters. The van der Waals surface area contributed by atoms with Crippen molar-refractivity contribution in [2.45, 2.75) is 9.92 Å². The molecule has 0 aliphatic heterocycles. The minimum atomic E-state index is -0.496. The Hall–Kier alpha value is -3.33. The molecule has 0 radical (unpaired) electrons. The highest BCUT2D eigenvalue weighted by molar-refractivity contribution is 7.99. The highest BCUT2D eigenvalue weighted by atomic mass is 32.2. The zero-order valence-corrected chi connectivity index (χ0v) is 15.4. The van der Waals surface area contributed by atoms with Gasteiger partial charge in [0.05, 0.1) is 24.8 Å². The van der Waals surface area contributed by atoms with Gasteiger partial charge in [-0.25, -0.2) is 9.97 Å². The molecule has 8 nitrogen and oxygen atoms in total. The maximum Gasteiger partial charge on any atom is 0.343 e. The molecule has 1 aromatic heterocycles. The van der Waals surface area contributed by atoms with Crippen LogP contribution in [-0.2, 0) is 0 Å². The van der Waals surface area contributed by atoms with Crippen LogP contribution in [0.15, 0.2) is 64.8 Å². The van der Waals surface area contributed by atoms with E-state index in [-0.39, 0.29) is 16.5 Å². The van der Waals surface area contributed by atoms with Gasteiger partial charge in [0.2, 0.25) is 5.82 Å². The summed E-state index contributed by atoms with van der Waals surface area (Å²) < 4.78 is 10.5. The van der Waals surface area contributed by atoms with Crippen LogP contribution >= 0.6 is 11.8 Å². The topological polar surface area (TPSA) is 99.4 Å². The second-order valence-electron chi connectivity index (χ2n) is 5.24. The van der Waals surface area contributed by atoms with Gasteiger partial charge in [0.25, 0.3) is 0 Å². The summed E-state index contributed by atoms with van der Waals surface area (Å²) in [7, 11) is 3.05. The van der Waals surface area contributed by atoms with Gasteiger partial charge in [0, 0.05) is 11.0 Å². The SMILES string of the molecule is COc1ccc(Nc2ncnc(Sc3ccccc3)c2[N+](=O)[O-])c(OC)c1. The van der Waals surface area contributed by atoms with Gasteiger partial charge in [-0.15, -0.1) is 0 Å². The molecule has 0 saturated heterocycles. The third kappa shape index (κ3) is 4.26. The van der Waals surface area contributed by atoms with Gasteiger partial charge in [-0.3, -0.25) is 10.1 Å². The number of nitrogens with zero attached hydrogens (tertiary/aromatic N) is 3. The lowest BCUT2D eigenvalue weighted by Gasteiger charge is -2.12. The summed E-state index contributed by atoms with van der Waals surface area (Å²) in [5.74, 6) is 1.16. The van der Waals surface area contributed by atoms with Gasteiger partial charge in [-0.2, -0.15) is 0 Å². The van der Waals surface area contributed by atoms with Crippen LogP contribution in [-0.4, -0.2) is 29.1 Å². The van der Waals surface area contributed by atoms with Crippen LogP contribution in [0.3, 0.4) is 0 Å². The number of ether oxygens (including phenoxy) is 2. The number of anilines is 2. The van der Waals surface area contributed by atoms with Crippen LogP contribution in [0.1, 0.15) is 0 Å². The van der Waals surface area contributed by atoms with Gasteiger partial charge in [0.15, 0.2) is 5.03 Å². The van der Waals surface area contributed by atoms with Crippen molar-refractivity contribution in [2.24, 2.45) is 0 Å². The first-order valence-electron chi connectivity index (χ1n) is 7.83. The Labute approximate surface area is 159 Å². The van der Waals surface area contributed by atoms with Crippen molar-refractivity contribution in [1.82, 2.24) is 9.97 Å². The first-order valence-corrected chi connectivity index (χ1v) is 8.65. The summed E-state index contributed by atoms with van der Waals surface area (Å²) in [6.45, 7) is 0. The number of nitro groups is 1. The van der Waals surface area contributed by atoms with Gasteiger partial charge < -0.3 is 14.8 Å². The fraction of sp³-hybridized carbons (Fsp3) is 0.111. The quantitative estimate of drug-likeness (QED) is 0.366. The van der Waals surface area contributed by atoms with Crippen molar-refractivity contribution in [2.75, 3.05) is 19.5 Å². The molecule has 9 heteroatoms. The Morgan fingerprint density at radius 1 is 1.07 bits per heavy atom. The second kappa shape index (κ2) is 8.37. The summed E-state index contributed by atoms with van der Waals surface area (Å²) in [5, 5.41) is 14.9. The number of hydrogen-bond donors (Lipinski definition) is 1. The van der Waals surface area contributed by atoms with Gasteiger partial charge >= 0.3 is 5.69 Å². The highest BCUT2D eigenvalue weighted by Gasteiger charge is 2.24. The van der Waals surface area contributed by atoms with Crippen molar-refractivity contribution in [3.63, 3.8) is 0 Å². The molecular weight excluding hydrogens is 368 g/mol. The van der Waals surface area contributed by atoms with E-state index in [0.29, 0.717) is 17.2 Å². The minimum absolute atomic E-state index is 0.0805. The fourth-order valence-electron chi connectivity index (χ4n) is 2.32. The van der Waals surface area contributed by atoms with E-state index in [0.717, 1.165) is 4.90 Å². The standard InChI is InChI=1S/C18H16N4O4S/c1-25-12-8-9-14(15(10-12)26-2)21-17-16(22(23)24)18(20-11-19-17)27-13-6-4-3-5-7-13/h3-11H,1-2H3,(H,19,20,21). The molecule has 0 aliphatic rings. The zero-order chi connectivity index (χ0) is 19.2. The summed E-state index contributed by atoms with van der Waals surface area (Å²) in [4.78, 5) is 20.2. The molecular formula is C18H16N4O4S. The lowest BCUT2D eigenvalue weighted by Crippen LogP contribution is -2.04. The lowest BCUT2D eigenvalue weighted by molar-refractivity contribution is -0.387. The van der Waals surface area contributed by atoms with Crippen LogP contribution in [0.5, 0.6) is 11.5 Å². The molecule has 0 fully saturated rings. The number of benzene rings is 2. The molecule has 2 aromatic carbocycles. The maximum absolute atomic E-state index is 11.7. The molecule has 0 bridgehead atoms. The molecule has 27 heavy (non-hydrogen) atoms. The largest absolute Gasteiger partial charge is 0.497 e. The third-order valence-electron chi connectivity index (χ3n) is 3.59. The van der Waals surface area contributed by atoms with Crippen molar-refractivity contribution in [3.8, 4) is 11.5 Å². The number of rotatable bonds is 7. The molecule has 3 rings (SSSR count). The number of methoxy groups -OCH3 is 2. The van der Waals surface area contributed by atoms with Crippen molar-refractivity contribution >= 4 is 29.0 Å². The minimum Gasteiger partial charge on any atom is -0.497 e. The van der Waals surface area contributed by atoms with E-state index in [1.165, 1.54) is 25.2 Å². The molecule has 3 aromatic rings. The van der Waals surface area contributed by atoms with E-state index < -0.39 is 4.92 Å². The van der Waals surface area contributed by atoms with Gasteiger partial charge in [0.1, 0.15) is 17.8 Å². The Balaban J connectivity index is 1.99. The Kier molecular flexibility index (Phi) is 5.72. The molecule has 138 valence electrons. The summed E-state index contributed by atoms with van der Waals surface area (Å²) in [6.07, 6.45) is 1.29. The molecule has 0 atom stereocenters. The average Bonchev–Trinajstić information content (AvgIpc) is 2.69. The van der Waals surface area contributed by atoms with E-state index in [9.17, 15) is 10.1 Å². The van der Waals surface area contributed by atoms with E-state index in [2.05, 4.69) is 15.3 Å². The lowest BCUT2D eigenvalue weighted by atomic mass is 10.2. The van der Waals surface area contributed by atoms with Gasteiger partial charge in [-0.05, 0) is 24.3 Å². The van der Waals surface area contributed by atoms with Crippen LogP contribution in [0.4, 0.5) is 17.2 Å². The molecule has 0 amide bonds.